The van der Waals surface area contributed by atoms with E-state index < -0.39 is 0 Å². The molecule has 1 heterocycles. The van der Waals surface area contributed by atoms with Crippen LogP contribution in [0.25, 0.3) is 0 Å². The number of hydrogen-bond donors (Lipinski definition) is 1. The van der Waals surface area contributed by atoms with E-state index in [9.17, 15) is 0 Å². The molecule has 2 heteroatoms. The van der Waals surface area contributed by atoms with E-state index in [-0.39, 0.29) is 0 Å². The van der Waals surface area contributed by atoms with Gasteiger partial charge in [-0.15, -0.1) is 0 Å². The van der Waals surface area contributed by atoms with Crippen LogP contribution in [0.1, 0.15) is 26.2 Å². The minimum Gasteiger partial charge on any atom is -0.316 e. The van der Waals surface area contributed by atoms with Crippen LogP contribution in [0.2, 0.25) is 0 Å². The summed E-state index contributed by atoms with van der Waals surface area (Å²) >= 11 is 0. The van der Waals surface area contributed by atoms with E-state index in [0.29, 0.717) is 6.04 Å². The summed E-state index contributed by atoms with van der Waals surface area (Å²) in [7, 11) is 1.99. The van der Waals surface area contributed by atoms with Gasteiger partial charge in [0.2, 0.25) is 0 Å². The van der Waals surface area contributed by atoms with E-state index >= 15 is 0 Å². The van der Waals surface area contributed by atoms with Gasteiger partial charge in [0.05, 0.1) is 0 Å². The maximum absolute atomic E-state index is 4.16. The summed E-state index contributed by atoms with van der Waals surface area (Å²) in [6, 6.07) is 0.631. The first-order chi connectivity index (χ1) is 6.29. The van der Waals surface area contributed by atoms with Crippen LogP contribution in [-0.2, 0) is 0 Å². The first kappa shape index (κ1) is 10.7. The molecule has 76 valence electrons. The Morgan fingerprint density at radius 1 is 1.54 bits per heavy atom. The zero-order valence-electron chi connectivity index (χ0n) is 8.97. The van der Waals surface area contributed by atoms with Crippen LogP contribution < -0.4 is 5.32 Å². The van der Waals surface area contributed by atoms with E-state index in [4.69, 9.17) is 0 Å². The Labute approximate surface area is 82.0 Å². The Balaban J connectivity index is 2.48. The molecule has 1 unspecified atom stereocenters. The van der Waals surface area contributed by atoms with Crippen molar-refractivity contribution in [3.63, 3.8) is 0 Å². The fourth-order valence-electron chi connectivity index (χ4n) is 2.18. The topological polar surface area (TPSA) is 15.3 Å². The Morgan fingerprint density at radius 2 is 2.31 bits per heavy atom. The number of rotatable bonds is 4. The van der Waals surface area contributed by atoms with Crippen LogP contribution in [0.4, 0.5) is 0 Å². The quantitative estimate of drug-likeness (QED) is 0.665. The summed E-state index contributed by atoms with van der Waals surface area (Å²) < 4.78 is 0. The van der Waals surface area contributed by atoms with Gasteiger partial charge in [-0.25, -0.2) is 0 Å². The molecular formula is C11H22N2. The van der Waals surface area contributed by atoms with Crippen LogP contribution in [0.3, 0.4) is 0 Å². The third kappa shape index (κ3) is 2.82. The Kier molecular flexibility index (Phi) is 4.46. The monoisotopic (exact) mass is 182 g/mol. The van der Waals surface area contributed by atoms with Gasteiger partial charge >= 0.3 is 0 Å². The molecule has 1 aliphatic heterocycles. The van der Waals surface area contributed by atoms with Crippen molar-refractivity contribution >= 4 is 0 Å². The maximum Gasteiger partial charge on any atom is 0.0317 e. The number of nitrogens with zero attached hydrogens (tertiary/aromatic N) is 1. The van der Waals surface area contributed by atoms with Gasteiger partial charge in [0, 0.05) is 12.6 Å². The van der Waals surface area contributed by atoms with Crippen molar-refractivity contribution in [2.75, 3.05) is 26.7 Å². The summed E-state index contributed by atoms with van der Waals surface area (Å²) in [6.07, 6.45) is 4.02. The smallest absolute Gasteiger partial charge is 0.0317 e. The number of piperidine rings is 1. The molecule has 1 rings (SSSR count). The van der Waals surface area contributed by atoms with Crippen molar-refractivity contribution in [3.8, 4) is 0 Å². The molecule has 1 aliphatic rings. The standard InChI is InChI=1S/C11H22N2/c1-4-13-8-6-5-7-11(13)10(2)9-12-3/h11-12H,2,4-9H2,1,3H3. The lowest BCUT2D eigenvalue weighted by atomic mass is 9.96. The zero-order chi connectivity index (χ0) is 9.68. The molecule has 0 bridgehead atoms. The predicted molar refractivity (Wildman–Crippen MR) is 58.0 cm³/mol. The van der Waals surface area contributed by atoms with E-state index in [1.165, 1.54) is 31.4 Å². The van der Waals surface area contributed by atoms with Crippen molar-refractivity contribution in [2.24, 2.45) is 0 Å². The fourth-order valence-corrected chi connectivity index (χ4v) is 2.18. The Morgan fingerprint density at radius 3 is 2.92 bits per heavy atom. The number of likely N-dealkylation sites (tertiary alicyclic amines) is 1. The molecular weight excluding hydrogens is 160 g/mol. The van der Waals surface area contributed by atoms with E-state index in [1.54, 1.807) is 0 Å². The molecule has 0 radical (unpaired) electrons. The second-order valence-corrected chi connectivity index (χ2v) is 3.83. The van der Waals surface area contributed by atoms with Gasteiger partial charge in [0.25, 0.3) is 0 Å². The van der Waals surface area contributed by atoms with Gasteiger partial charge in [0.1, 0.15) is 0 Å². The van der Waals surface area contributed by atoms with Crippen molar-refractivity contribution < 1.29 is 0 Å². The van der Waals surface area contributed by atoms with Gasteiger partial charge in [-0.3, -0.25) is 4.90 Å². The minimum absolute atomic E-state index is 0.631. The Bertz CT molecular complexity index is 165. The molecule has 2 nitrogen and oxygen atoms in total. The lowest BCUT2D eigenvalue weighted by Gasteiger charge is -2.36. The highest BCUT2D eigenvalue weighted by Crippen LogP contribution is 2.21. The highest BCUT2D eigenvalue weighted by Gasteiger charge is 2.22. The third-order valence-corrected chi connectivity index (χ3v) is 2.89. The van der Waals surface area contributed by atoms with Gasteiger partial charge in [0.15, 0.2) is 0 Å². The lowest BCUT2D eigenvalue weighted by molar-refractivity contribution is 0.179. The third-order valence-electron chi connectivity index (χ3n) is 2.89. The molecule has 0 amide bonds. The predicted octanol–water partition coefficient (Wildman–Crippen LogP) is 1.64. The van der Waals surface area contributed by atoms with Crippen LogP contribution in [-0.4, -0.2) is 37.6 Å². The van der Waals surface area contributed by atoms with Crippen LogP contribution in [0.5, 0.6) is 0 Å². The van der Waals surface area contributed by atoms with Gasteiger partial charge in [-0.2, -0.15) is 0 Å². The normalized spacial score (nSPS) is 24.6. The van der Waals surface area contributed by atoms with Gasteiger partial charge < -0.3 is 5.32 Å². The fraction of sp³-hybridized carbons (Fsp3) is 0.818. The van der Waals surface area contributed by atoms with Gasteiger partial charge in [-0.1, -0.05) is 19.9 Å². The minimum atomic E-state index is 0.631. The first-order valence-corrected chi connectivity index (χ1v) is 5.36. The second kappa shape index (κ2) is 5.40. The molecule has 0 aromatic carbocycles. The van der Waals surface area contributed by atoms with E-state index in [2.05, 4.69) is 23.7 Å². The summed E-state index contributed by atoms with van der Waals surface area (Å²) in [5, 5.41) is 3.18. The number of hydrogen-bond acceptors (Lipinski definition) is 2. The average molecular weight is 182 g/mol. The second-order valence-electron chi connectivity index (χ2n) is 3.83. The van der Waals surface area contributed by atoms with Crippen LogP contribution in [0, 0.1) is 0 Å². The van der Waals surface area contributed by atoms with Gasteiger partial charge in [-0.05, 0) is 38.6 Å². The van der Waals surface area contributed by atoms with Crippen LogP contribution >= 0.6 is 0 Å². The highest BCUT2D eigenvalue weighted by atomic mass is 15.2. The summed E-state index contributed by atoms with van der Waals surface area (Å²) in [4.78, 5) is 2.54. The molecule has 13 heavy (non-hydrogen) atoms. The number of likely N-dealkylation sites (N-methyl/N-ethyl adjacent to an activating group) is 2. The summed E-state index contributed by atoms with van der Waals surface area (Å²) in [6.45, 7) is 9.78. The molecule has 1 N–H and O–H groups in total. The van der Waals surface area contributed by atoms with E-state index in [0.717, 1.165) is 13.1 Å². The summed E-state index contributed by atoms with van der Waals surface area (Å²) in [5.74, 6) is 0. The van der Waals surface area contributed by atoms with Crippen LogP contribution in [0.15, 0.2) is 12.2 Å². The number of nitrogens with one attached hydrogen (secondary N) is 1. The van der Waals surface area contributed by atoms with Crippen molar-refractivity contribution in [2.45, 2.75) is 32.2 Å². The first-order valence-electron chi connectivity index (χ1n) is 5.36. The molecule has 0 aromatic heterocycles. The summed E-state index contributed by atoms with van der Waals surface area (Å²) in [5.41, 5.74) is 1.35. The molecule has 1 saturated heterocycles. The molecule has 0 spiro atoms. The lowest BCUT2D eigenvalue weighted by Crippen LogP contribution is -2.41. The maximum atomic E-state index is 4.16. The molecule has 1 atom stereocenters. The highest BCUT2D eigenvalue weighted by molar-refractivity contribution is 5.09. The van der Waals surface area contributed by atoms with E-state index in [1.807, 2.05) is 7.05 Å². The molecule has 0 saturated carbocycles. The van der Waals surface area contributed by atoms with Crippen molar-refractivity contribution in [3.05, 3.63) is 12.2 Å². The Hall–Kier alpha value is -0.340. The zero-order valence-corrected chi connectivity index (χ0v) is 8.97. The molecule has 0 aromatic rings. The largest absolute Gasteiger partial charge is 0.316 e. The van der Waals surface area contributed by atoms with Crippen molar-refractivity contribution in [1.29, 1.82) is 0 Å². The molecule has 1 fully saturated rings. The SMILES string of the molecule is C=C(CNC)C1CCCCN1CC. The average Bonchev–Trinajstić information content (AvgIpc) is 2.18. The molecule has 0 aliphatic carbocycles. The van der Waals surface area contributed by atoms with Crippen molar-refractivity contribution in [1.82, 2.24) is 10.2 Å².